The predicted molar refractivity (Wildman–Crippen MR) is 84.0 cm³/mol. The first-order valence-corrected chi connectivity index (χ1v) is 8.28. The molecule has 0 aliphatic carbocycles. The lowest BCUT2D eigenvalue weighted by Crippen LogP contribution is -2.29. The molecule has 22 heavy (non-hydrogen) atoms. The molecule has 0 amide bonds. The minimum Gasteiger partial charge on any atom is -0.308 e. The fraction of sp³-hybridized carbons (Fsp3) is 0. The average Bonchev–Trinajstić information content (AvgIpc) is 2.48. The lowest BCUT2D eigenvalue weighted by atomic mass is 10.3. The molecule has 0 spiro atoms. The van der Waals surface area contributed by atoms with E-state index in [-0.39, 0.29) is 15.7 Å². The predicted octanol–water partition coefficient (Wildman–Crippen LogP) is 2.71. The number of benzene rings is 1. The summed E-state index contributed by atoms with van der Waals surface area (Å²) in [5, 5.41) is 10.7. The molecule has 0 bridgehead atoms. The van der Waals surface area contributed by atoms with Crippen molar-refractivity contribution in [2.75, 3.05) is 5.43 Å². The highest BCUT2D eigenvalue weighted by Crippen LogP contribution is 2.22. The molecule has 0 atom stereocenters. The standard InChI is InChI=1S/C11H8BrClN4O4S/c12-10-5-9(6-14-11(10)13)22(20,21)16-15-7-1-3-8(4-2-7)17(18)19/h1-6,15-16H. The number of nitro benzene ring substituents is 1. The van der Waals surface area contributed by atoms with Crippen LogP contribution >= 0.6 is 27.5 Å². The van der Waals surface area contributed by atoms with E-state index in [9.17, 15) is 18.5 Å². The molecule has 0 radical (unpaired) electrons. The highest BCUT2D eigenvalue weighted by molar-refractivity contribution is 9.10. The molecule has 116 valence electrons. The van der Waals surface area contributed by atoms with Gasteiger partial charge in [0.05, 0.1) is 15.1 Å². The van der Waals surface area contributed by atoms with Crippen LogP contribution in [-0.2, 0) is 10.0 Å². The number of non-ortho nitro benzene ring substituents is 1. The van der Waals surface area contributed by atoms with Gasteiger partial charge in [0.1, 0.15) is 10.0 Å². The maximum Gasteiger partial charge on any atom is 0.269 e. The zero-order chi connectivity index (χ0) is 16.3. The fourth-order valence-corrected chi connectivity index (χ4v) is 2.84. The van der Waals surface area contributed by atoms with Crippen molar-refractivity contribution in [1.82, 2.24) is 9.82 Å². The number of hydrazine groups is 1. The Morgan fingerprint density at radius 3 is 2.45 bits per heavy atom. The van der Waals surface area contributed by atoms with Gasteiger partial charge in [-0.25, -0.2) is 13.4 Å². The van der Waals surface area contributed by atoms with E-state index < -0.39 is 14.9 Å². The summed E-state index contributed by atoms with van der Waals surface area (Å²) in [4.78, 5) is 15.7. The van der Waals surface area contributed by atoms with Crippen LogP contribution in [0.3, 0.4) is 0 Å². The van der Waals surface area contributed by atoms with E-state index in [1.165, 1.54) is 30.3 Å². The van der Waals surface area contributed by atoms with Crippen LogP contribution in [-0.4, -0.2) is 18.3 Å². The second-order valence-corrected chi connectivity index (χ2v) is 6.87. The Labute approximate surface area is 138 Å². The van der Waals surface area contributed by atoms with E-state index in [0.29, 0.717) is 10.2 Å². The molecule has 2 rings (SSSR count). The molecule has 8 nitrogen and oxygen atoms in total. The van der Waals surface area contributed by atoms with Crippen molar-refractivity contribution in [3.8, 4) is 0 Å². The normalized spacial score (nSPS) is 11.2. The van der Waals surface area contributed by atoms with Gasteiger partial charge in [0.15, 0.2) is 0 Å². The Morgan fingerprint density at radius 1 is 1.27 bits per heavy atom. The highest BCUT2D eigenvalue weighted by atomic mass is 79.9. The number of anilines is 1. The molecule has 0 fully saturated rings. The molecule has 0 saturated heterocycles. The van der Waals surface area contributed by atoms with Gasteiger partial charge in [-0.05, 0) is 34.1 Å². The van der Waals surface area contributed by atoms with Crippen LogP contribution in [0.15, 0.2) is 45.9 Å². The highest BCUT2D eigenvalue weighted by Gasteiger charge is 2.16. The number of nitrogens with one attached hydrogen (secondary N) is 2. The van der Waals surface area contributed by atoms with Crippen molar-refractivity contribution in [2.45, 2.75) is 4.90 Å². The quantitative estimate of drug-likeness (QED) is 0.447. The van der Waals surface area contributed by atoms with Crippen LogP contribution in [0.4, 0.5) is 11.4 Å². The number of rotatable bonds is 5. The number of pyridine rings is 1. The van der Waals surface area contributed by atoms with Crippen LogP contribution in [0.1, 0.15) is 0 Å². The van der Waals surface area contributed by atoms with Crippen molar-refractivity contribution in [1.29, 1.82) is 0 Å². The van der Waals surface area contributed by atoms with Crippen LogP contribution < -0.4 is 10.3 Å². The van der Waals surface area contributed by atoms with E-state index >= 15 is 0 Å². The molecule has 0 unspecified atom stereocenters. The molecule has 2 aromatic rings. The number of hydrogen-bond donors (Lipinski definition) is 2. The second-order valence-electron chi connectivity index (χ2n) is 3.98. The van der Waals surface area contributed by atoms with Crippen molar-refractivity contribution in [3.05, 3.63) is 56.3 Å². The second kappa shape index (κ2) is 6.57. The maximum absolute atomic E-state index is 12.1. The van der Waals surface area contributed by atoms with Gasteiger partial charge in [-0.15, -0.1) is 4.83 Å². The topological polar surface area (TPSA) is 114 Å². The molecule has 0 saturated carbocycles. The molecular formula is C11H8BrClN4O4S. The van der Waals surface area contributed by atoms with E-state index in [0.717, 1.165) is 6.20 Å². The third kappa shape index (κ3) is 3.91. The van der Waals surface area contributed by atoms with Gasteiger partial charge >= 0.3 is 0 Å². The Morgan fingerprint density at radius 2 is 1.91 bits per heavy atom. The number of halogens is 2. The zero-order valence-corrected chi connectivity index (χ0v) is 13.8. The molecule has 1 aromatic carbocycles. The van der Waals surface area contributed by atoms with Gasteiger partial charge in [-0.3, -0.25) is 10.1 Å². The summed E-state index contributed by atoms with van der Waals surface area (Å²) in [6, 6.07) is 6.54. The Bertz CT molecular complexity index is 813. The summed E-state index contributed by atoms with van der Waals surface area (Å²) in [7, 11) is -3.87. The number of nitro groups is 1. The van der Waals surface area contributed by atoms with Crippen LogP contribution in [0.5, 0.6) is 0 Å². The van der Waals surface area contributed by atoms with Gasteiger partial charge in [-0.1, -0.05) is 11.6 Å². The first-order chi connectivity index (χ1) is 10.3. The smallest absolute Gasteiger partial charge is 0.269 e. The van der Waals surface area contributed by atoms with E-state index in [1.807, 2.05) is 0 Å². The van der Waals surface area contributed by atoms with Crippen molar-refractivity contribution < 1.29 is 13.3 Å². The molecule has 0 aliphatic heterocycles. The first kappa shape index (κ1) is 16.6. The van der Waals surface area contributed by atoms with Crippen LogP contribution in [0, 0.1) is 10.1 Å². The number of hydrogen-bond acceptors (Lipinski definition) is 6. The monoisotopic (exact) mass is 406 g/mol. The largest absolute Gasteiger partial charge is 0.308 e. The third-order valence-corrected chi connectivity index (χ3v) is 4.84. The molecule has 1 aromatic heterocycles. The average molecular weight is 408 g/mol. The summed E-state index contributed by atoms with van der Waals surface area (Å²) in [6.07, 6.45) is 1.10. The summed E-state index contributed by atoms with van der Waals surface area (Å²) in [5.41, 5.74) is 2.69. The van der Waals surface area contributed by atoms with Gasteiger partial charge in [0.2, 0.25) is 0 Å². The SMILES string of the molecule is O=[N+]([O-])c1ccc(NNS(=O)(=O)c2cnc(Cl)c(Br)c2)cc1. The van der Waals surface area contributed by atoms with E-state index in [4.69, 9.17) is 11.6 Å². The Kier molecular flexibility index (Phi) is 4.96. The molecule has 11 heteroatoms. The first-order valence-electron chi connectivity index (χ1n) is 5.63. The van der Waals surface area contributed by atoms with Crippen molar-refractivity contribution in [3.63, 3.8) is 0 Å². The minimum absolute atomic E-state index is 0.0979. The maximum atomic E-state index is 12.1. The molecular weight excluding hydrogens is 400 g/mol. The van der Waals surface area contributed by atoms with Gasteiger partial charge < -0.3 is 5.43 Å². The summed E-state index contributed by atoms with van der Waals surface area (Å²) < 4.78 is 24.5. The number of aromatic nitrogens is 1. The van der Waals surface area contributed by atoms with Crippen LogP contribution in [0.25, 0.3) is 0 Å². The van der Waals surface area contributed by atoms with Crippen molar-refractivity contribution in [2.24, 2.45) is 0 Å². The van der Waals surface area contributed by atoms with Crippen LogP contribution in [0.2, 0.25) is 5.15 Å². The van der Waals surface area contributed by atoms with E-state index in [2.05, 4.69) is 31.2 Å². The minimum atomic E-state index is -3.87. The van der Waals surface area contributed by atoms with E-state index in [1.54, 1.807) is 0 Å². The molecule has 1 heterocycles. The fourth-order valence-electron chi connectivity index (χ4n) is 1.40. The molecule has 0 aliphatic rings. The Balaban J connectivity index is 2.12. The van der Waals surface area contributed by atoms with Gasteiger partial charge in [-0.2, -0.15) is 0 Å². The third-order valence-electron chi connectivity index (χ3n) is 2.49. The Hall–Kier alpha value is -1.75. The van der Waals surface area contributed by atoms with Gasteiger partial charge in [0, 0.05) is 18.3 Å². The van der Waals surface area contributed by atoms with Crippen molar-refractivity contribution >= 4 is 48.9 Å². The zero-order valence-electron chi connectivity index (χ0n) is 10.7. The molecule has 2 N–H and O–H groups in total. The van der Waals surface area contributed by atoms with Gasteiger partial charge in [0.25, 0.3) is 15.7 Å². The summed E-state index contributed by atoms with van der Waals surface area (Å²) >= 11 is 8.79. The lowest BCUT2D eigenvalue weighted by molar-refractivity contribution is -0.384. The number of sulfonamides is 1. The summed E-state index contributed by atoms with van der Waals surface area (Å²) in [6.45, 7) is 0. The summed E-state index contributed by atoms with van der Waals surface area (Å²) in [5.74, 6) is 0. The number of nitrogens with zero attached hydrogens (tertiary/aromatic N) is 2. The lowest BCUT2D eigenvalue weighted by Gasteiger charge is -2.09.